The first kappa shape index (κ1) is 11.9. The van der Waals surface area contributed by atoms with E-state index in [1.165, 1.54) is 6.07 Å². The Morgan fingerprint density at radius 3 is 2.82 bits per heavy atom. The first-order chi connectivity index (χ1) is 8.20. The molecule has 17 heavy (non-hydrogen) atoms. The number of hydrogen-bond acceptors (Lipinski definition) is 3. The van der Waals surface area contributed by atoms with Gasteiger partial charge in [0.25, 0.3) is 0 Å². The van der Waals surface area contributed by atoms with E-state index in [0.29, 0.717) is 12.2 Å². The van der Waals surface area contributed by atoms with Crippen LogP contribution in [0.1, 0.15) is 11.3 Å². The number of nitrogens with zero attached hydrogens (tertiary/aromatic N) is 1. The van der Waals surface area contributed by atoms with Crippen LogP contribution in [0.4, 0.5) is 10.1 Å². The van der Waals surface area contributed by atoms with Crippen molar-refractivity contribution in [3.05, 3.63) is 51.2 Å². The number of nitrogens with one attached hydrogen (secondary N) is 1. The van der Waals surface area contributed by atoms with E-state index in [2.05, 4.69) is 27.9 Å². The molecule has 0 unspecified atom stereocenters. The molecule has 3 nitrogen and oxygen atoms in total. The molecule has 0 bridgehead atoms. The molecule has 0 saturated carbocycles. The second-order valence-electron chi connectivity index (χ2n) is 3.33. The Bertz CT molecular complexity index is 574. The van der Waals surface area contributed by atoms with Crippen molar-refractivity contribution >= 4 is 28.3 Å². The highest BCUT2D eigenvalue weighted by Gasteiger charge is 2.07. The van der Waals surface area contributed by atoms with Crippen molar-refractivity contribution in [1.82, 2.24) is 0 Å². The molecular formula is C12H8FIN2O. The Labute approximate surface area is 111 Å². The van der Waals surface area contributed by atoms with E-state index in [0.717, 1.165) is 9.53 Å². The van der Waals surface area contributed by atoms with Crippen LogP contribution < -0.4 is 5.32 Å². The van der Waals surface area contributed by atoms with E-state index in [9.17, 15) is 4.39 Å². The molecular weight excluding hydrogens is 334 g/mol. The van der Waals surface area contributed by atoms with Crippen LogP contribution in [0.3, 0.4) is 0 Å². The number of rotatable bonds is 3. The van der Waals surface area contributed by atoms with Crippen LogP contribution in [-0.2, 0) is 6.54 Å². The van der Waals surface area contributed by atoms with E-state index in [4.69, 9.17) is 9.68 Å². The average molecular weight is 342 g/mol. The lowest BCUT2D eigenvalue weighted by molar-refractivity contribution is 0.492. The highest BCUT2D eigenvalue weighted by Crippen LogP contribution is 2.19. The number of anilines is 1. The minimum absolute atomic E-state index is 0.0220. The number of halogens is 2. The molecule has 86 valence electrons. The Morgan fingerprint density at radius 1 is 1.35 bits per heavy atom. The van der Waals surface area contributed by atoms with Gasteiger partial charge in [0, 0.05) is 0 Å². The molecule has 1 aromatic heterocycles. The average Bonchev–Trinajstić information content (AvgIpc) is 2.72. The van der Waals surface area contributed by atoms with Crippen LogP contribution in [0, 0.1) is 20.9 Å². The zero-order valence-corrected chi connectivity index (χ0v) is 10.9. The quantitative estimate of drug-likeness (QED) is 0.869. The molecule has 2 aromatic rings. The van der Waals surface area contributed by atoms with Crippen molar-refractivity contribution in [3.8, 4) is 6.07 Å². The maximum absolute atomic E-state index is 13.3. The molecule has 0 radical (unpaired) electrons. The van der Waals surface area contributed by atoms with Crippen molar-refractivity contribution in [3.63, 3.8) is 0 Å². The summed E-state index contributed by atoms with van der Waals surface area (Å²) < 4.78 is 19.4. The maximum atomic E-state index is 13.3. The van der Waals surface area contributed by atoms with Crippen molar-refractivity contribution in [2.24, 2.45) is 0 Å². The Kier molecular flexibility index (Phi) is 3.64. The van der Waals surface area contributed by atoms with Gasteiger partial charge in [-0.3, -0.25) is 0 Å². The molecule has 0 aliphatic carbocycles. The molecule has 0 spiro atoms. The van der Waals surface area contributed by atoms with Crippen LogP contribution in [-0.4, -0.2) is 0 Å². The van der Waals surface area contributed by atoms with E-state index in [1.54, 1.807) is 12.1 Å². The third kappa shape index (κ3) is 2.77. The molecule has 2 rings (SSSR count). The minimum atomic E-state index is -0.522. The standard InChI is InChI=1S/C12H8FIN2O/c13-10-2-1-3-11(9(10)6-15)16-7-8-4-5-12(14)17-8/h1-5,16H,7H2. The summed E-state index contributed by atoms with van der Waals surface area (Å²) in [6.07, 6.45) is 0. The summed E-state index contributed by atoms with van der Waals surface area (Å²) in [6.45, 7) is 0.418. The molecule has 5 heteroatoms. The first-order valence-corrected chi connectivity index (χ1v) is 5.95. The van der Waals surface area contributed by atoms with Gasteiger partial charge in [-0.15, -0.1) is 0 Å². The summed E-state index contributed by atoms with van der Waals surface area (Å²) in [4.78, 5) is 0. The van der Waals surface area contributed by atoms with Gasteiger partial charge in [-0.25, -0.2) is 4.39 Å². The Morgan fingerprint density at radius 2 is 2.18 bits per heavy atom. The maximum Gasteiger partial charge on any atom is 0.164 e. The zero-order chi connectivity index (χ0) is 12.3. The fourth-order valence-electron chi connectivity index (χ4n) is 1.41. The molecule has 0 amide bonds. The van der Waals surface area contributed by atoms with E-state index in [-0.39, 0.29) is 5.56 Å². The van der Waals surface area contributed by atoms with Crippen molar-refractivity contribution in [2.45, 2.75) is 6.54 Å². The topological polar surface area (TPSA) is 49.0 Å². The van der Waals surface area contributed by atoms with Crippen LogP contribution in [0.25, 0.3) is 0 Å². The van der Waals surface area contributed by atoms with E-state index in [1.807, 2.05) is 18.2 Å². The largest absolute Gasteiger partial charge is 0.454 e. The predicted octanol–water partition coefficient (Wildman–Crippen LogP) is 3.51. The van der Waals surface area contributed by atoms with Crippen molar-refractivity contribution in [1.29, 1.82) is 5.26 Å². The number of furan rings is 1. The molecule has 0 fully saturated rings. The third-order valence-electron chi connectivity index (χ3n) is 2.21. The summed E-state index contributed by atoms with van der Waals surface area (Å²) in [7, 11) is 0. The highest BCUT2D eigenvalue weighted by atomic mass is 127. The molecule has 1 aromatic carbocycles. The molecule has 0 saturated heterocycles. The van der Waals surface area contributed by atoms with Crippen LogP contribution in [0.2, 0.25) is 0 Å². The van der Waals surface area contributed by atoms with Gasteiger partial charge in [-0.1, -0.05) is 6.07 Å². The van der Waals surface area contributed by atoms with E-state index >= 15 is 0 Å². The monoisotopic (exact) mass is 342 g/mol. The molecule has 0 atom stereocenters. The number of hydrogen-bond donors (Lipinski definition) is 1. The minimum Gasteiger partial charge on any atom is -0.454 e. The zero-order valence-electron chi connectivity index (χ0n) is 8.71. The number of nitriles is 1. The summed E-state index contributed by atoms with van der Waals surface area (Å²) in [5.41, 5.74) is 0.493. The molecule has 0 aliphatic heterocycles. The number of benzene rings is 1. The molecule has 1 N–H and O–H groups in total. The predicted molar refractivity (Wildman–Crippen MR) is 69.9 cm³/mol. The summed E-state index contributed by atoms with van der Waals surface area (Å²) in [5.74, 6) is 0.217. The summed E-state index contributed by atoms with van der Waals surface area (Å²) in [6, 6.07) is 10.00. The lowest BCUT2D eigenvalue weighted by Crippen LogP contribution is -2.01. The van der Waals surface area contributed by atoms with Gasteiger partial charge in [0.05, 0.1) is 12.2 Å². The van der Waals surface area contributed by atoms with E-state index < -0.39 is 5.82 Å². The second-order valence-corrected chi connectivity index (χ2v) is 4.40. The summed E-state index contributed by atoms with van der Waals surface area (Å²) >= 11 is 2.07. The van der Waals surface area contributed by atoms with Crippen molar-refractivity contribution in [2.75, 3.05) is 5.32 Å². The lowest BCUT2D eigenvalue weighted by atomic mass is 10.2. The van der Waals surface area contributed by atoms with Crippen LogP contribution in [0.5, 0.6) is 0 Å². The molecule has 0 aliphatic rings. The SMILES string of the molecule is N#Cc1c(F)cccc1NCc1ccc(I)o1. The van der Waals surface area contributed by atoms with Gasteiger partial charge in [0.2, 0.25) is 0 Å². The van der Waals surface area contributed by atoms with Gasteiger partial charge in [0.15, 0.2) is 3.77 Å². The fraction of sp³-hybridized carbons (Fsp3) is 0.0833. The van der Waals surface area contributed by atoms with Gasteiger partial charge in [-0.2, -0.15) is 5.26 Å². The lowest BCUT2D eigenvalue weighted by Gasteiger charge is -2.06. The normalized spacial score (nSPS) is 9.94. The summed E-state index contributed by atoms with van der Waals surface area (Å²) in [5, 5.41) is 11.8. The van der Waals surface area contributed by atoms with Gasteiger partial charge in [0.1, 0.15) is 23.2 Å². The van der Waals surface area contributed by atoms with Gasteiger partial charge in [-0.05, 0) is 46.9 Å². The smallest absolute Gasteiger partial charge is 0.164 e. The Balaban J connectivity index is 2.14. The first-order valence-electron chi connectivity index (χ1n) is 4.87. The highest BCUT2D eigenvalue weighted by molar-refractivity contribution is 14.1. The Hall–Kier alpha value is -1.55. The van der Waals surface area contributed by atoms with Crippen LogP contribution >= 0.6 is 22.6 Å². The van der Waals surface area contributed by atoms with Crippen LogP contribution in [0.15, 0.2) is 34.7 Å². The van der Waals surface area contributed by atoms with Gasteiger partial charge < -0.3 is 9.73 Å². The fourth-order valence-corrected chi connectivity index (χ4v) is 1.88. The van der Waals surface area contributed by atoms with Crippen molar-refractivity contribution < 1.29 is 8.81 Å². The third-order valence-corrected chi connectivity index (χ3v) is 2.79. The second kappa shape index (κ2) is 5.19. The molecule has 1 heterocycles. The van der Waals surface area contributed by atoms with Gasteiger partial charge >= 0.3 is 0 Å².